The Morgan fingerprint density at radius 1 is 1.28 bits per heavy atom. The van der Waals surface area contributed by atoms with E-state index in [4.69, 9.17) is 4.74 Å². The number of ether oxygens (including phenoxy) is 1. The summed E-state index contributed by atoms with van der Waals surface area (Å²) in [6.07, 6.45) is 6.26. The van der Waals surface area contributed by atoms with E-state index in [1.54, 1.807) is 43.6 Å². The highest BCUT2D eigenvalue weighted by molar-refractivity contribution is 6.03. The highest BCUT2D eigenvalue weighted by Gasteiger charge is 2.23. The molecule has 132 valence electrons. The lowest BCUT2D eigenvalue weighted by molar-refractivity contribution is 0.102. The van der Waals surface area contributed by atoms with Crippen molar-refractivity contribution in [2.45, 2.75) is 38.6 Å². The Bertz CT molecular complexity index is 718. The van der Waals surface area contributed by atoms with E-state index in [0.717, 1.165) is 31.6 Å². The molecule has 6 heteroatoms. The van der Waals surface area contributed by atoms with E-state index >= 15 is 0 Å². The number of nitrogens with zero attached hydrogens (tertiary/aromatic N) is 3. The van der Waals surface area contributed by atoms with Crippen LogP contribution < -0.4 is 15.0 Å². The molecule has 1 aromatic heterocycles. The molecule has 3 rings (SSSR count). The summed E-state index contributed by atoms with van der Waals surface area (Å²) in [4.78, 5) is 23.6. The van der Waals surface area contributed by atoms with Crippen molar-refractivity contribution >= 4 is 17.5 Å². The van der Waals surface area contributed by atoms with Crippen LogP contribution in [-0.4, -0.2) is 35.6 Å². The number of rotatable bonds is 5. The van der Waals surface area contributed by atoms with Gasteiger partial charge in [0.15, 0.2) is 0 Å². The van der Waals surface area contributed by atoms with Crippen LogP contribution in [0.4, 0.5) is 11.6 Å². The second-order valence-corrected chi connectivity index (χ2v) is 6.18. The lowest BCUT2D eigenvalue weighted by Crippen LogP contribution is -2.40. The number of hydrogen-bond donors (Lipinski definition) is 1. The first-order valence-electron chi connectivity index (χ1n) is 8.76. The van der Waals surface area contributed by atoms with Crippen LogP contribution in [-0.2, 0) is 0 Å². The van der Waals surface area contributed by atoms with E-state index in [1.165, 1.54) is 6.42 Å². The number of amides is 1. The van der Waals surface area contributed by atoms with E-state index < -0.39 is 0 Å². The maximum atomic E-state index is 12.5. The van der Waals surface area contributed by atoms with Gasteiger partial charge in [-0.25, -0.2) is 9.97 Å². The number of methoxy groups -OCH3 is 1. The van der Waals surface area contributed by atoms with Crippen molar-refractivity contribution in [3.8, 4) is 5.75 Å². The molecule has 0 bridgehead atoms. The van der Waals surface area contributed by atoms with Gasteiger partial charge in [-0.2, -0.15) is 0 Å². The predicted molar refractivity (Wildman–Crippen MR) is 98.3 cm³/mol. The van der Waals surface area contributed by atoms with Crippen LogP contribution in [0.15, 0.2) is 36.5 Å². The van der Waals surface area contributed by atoms with Crippen molar-refractivity contribution in [1.82, 2.24) is 9.97 Å². The summed E-state index contributed by atoms with van der Waals surface area (Å²) in [5.41, 5.74) is 1.08. The van der Waals surface area contributed by atoms with E-state index in [0.29, 0.717) is 23.4 Å². The molecule has 0 spiro atoms. The van der Waals surface area contributed by atoms with Gasteiger partial charge >= 0.3 is 0 Å². The zero-order valence-electron chi connectivity index (χ0n) is 14.7. The summed E-state index contributed by atoms with van der Waals surface area (Å²) in [5.74, 6) is 1.16. The molecule has 1 atom stereocenters. The first-order valence-corrected chi connectivity index (χ1v) is 8.76. The molecule has 6 nitrogen and oxygen atoms in total. The number of hydrogen-bond acceptors (Lipinski definition) is 5. The highest BCUT2D eigenvalue weighted by Crippen LogP contribution is 2.24. The SMILES string of the molecule is CCC1CCCCN1c1nccc(C(=O)Nc2ccc(OC)cc2)n1. The Hall–Kier alpha value is -2.63. The largest absolute Gasteiger partial charge is 0.497 e. The molecule has 0 aliphatic carbocycles. The van der Waals surface area contributed by atoms with E-state index in [1.807, 2.05) is 0 Å². The molecule has 1 aromatic carbocycles. The highest BCUT2D eigenvalue weighted by atomic mass is 16.5. The number of piperidine rings is 1. The second kappa shape index (κ2) is 7.96. The van der Waals surface area contributed by atoms with Gasteiger partial charge in [0.05, 0.1) is 7.11 Å². The summed E-state index contributed by atoms with van der Waals surface area (Å²) in [6, 6.07) is 9.32. The summed E-state index contributed by atoms with van der Waals surface area (Å²) >= 11 is 0. The first kappa shape index (κ1) is 17.2. The van der Waals surface area contributed by atoms with Crippen LogP contribution >= 0.6 is 0 Å². The maximum absolute atomic E-state index is 12.5. The van der Waals surface area contributed by atoms with Crippen molar-refractivity contribution in [3.63, 3.8) is 0 Å². The van der Waals surface area contributed by atoms with Crippen LogP contribution in [0.3, 0.4) is 0 Å². The predicted octanol–water partition coefficient (Wildman–Crippen LogP) is 3.51. The molecule has 0 saturated carbocycles. The molecule has 1 saturated heterocycles. The minimum Gasteiger partial charge on any atom is -0.497 e. The van der Waals surface area contributed by atoms with E-state index in [9.17, 15) is 4.79 Å². The Morgan fingerprint density at radius 3 is 2.80 bits per heavy atom. The van der Waals surface area contributed by atoms with E-state index in [2.05, 4.69) is 27.1 Å². The molecule has 1 N–H and O–H groups in total. The van der Waals surface area contributed by atoms with Crippen molar-refractivity contribution in [1.29, 1.82) is 0 Å². The van der Waals surface area contributed by atoms with Crippen LogP contribution in [0.1, 0.15) is 43.1 Å². The zero-order valence-corrected chi connectivity index (χ0v) is 14.7. The fraction of sp³-hybridized carbons (Fsp3) is 0.421. The van der Waals surface area contributed by atoms with Crippen LogP contribution in [0.25, 0.3) is 0 Å². The smallest absolute Gasteiger partial charge is 0.274 e. The fourth-order valence-electron chi connectivity index (χ4n) is 3.17. The Morgan fingerprint density at radius 2 is 2.08 bits per heavy atom. The first-order chi connectivity index (χ1) is 12.2. The van der Waals surface area contributed by atoms with Crippen molar-refractivity contribution in [3.05, 3.63) is 42.2 Å². The van der Waals surface area contributed by atoms with Gasteiger partial charge in [0.2, 0.25) is 5.95 Å². The van der Waals surface area contributed by atoms with Crippen molar-refractivity contribution in [2.75, 3.05) is 23.9 Å². The maximum Gasteiger partial charge on any atom is 0.274 e. The van der Waals surface area contributed by atoms with Gasteiger partial charge in [-0.05, 0) is 56.0 Å². The molecule has 1 amide bonds. The van der Waals surface area contributed by atoms with Crippen LogP contribution in [0.5, 0.6) is 5.75 Å². The fourth-order valence-corrected chi connectivity index (χ4v) is 3.17. The topological polar surface area (TPSA) is 67.4 Å². The Balaban J connectivity index is 1.74. The molecule has 1 aliphatic heterocycles. The minimum absolute atomic E-state index is 0.237. The van der Waals surface area contributed by atoms with Gasteiger partial charge in [-0.1, -0.05) is 6.92 Å². The number of benzene rings is 1. The molecule has 1 fully saturated rings. The molecular formula is C19H24N4O2. The Labute approximate surface area is 148 Å². The summed E-state index contributed by atoms with van der Waals surface area (Å²) in [6.45, 7) is 3.13. The second-order valence-electron chi connectivity index (χ2n) is 6.18. The number of carbonyl (C=O) groups excluding carboxylic acids is 1. The van der Waals surface area contributed by atoms with Crippen LogP contribution in [0.2, 0.25) is 0 Å². The molecule has 2 heterocycles. The molecular weight excluding hydrogens is 316 g/mol. The van der Waals surface area contributed by atoms with E-state index in [-0.39, 0.29) is 5.91 Å². The lowest BCUT2D eigenvalue weighted by Gasteiger charge is -2.35. The van der Waals surface area contributed by atoms with Crippen LogP contribution in [0, 0.1) is 0 Å². The van der Waals surface area contributed by atoms with Crippen molar-refractivity contribution in [2.24, 2.45) is 0 Å². The molecule has 0 radical (unpaired) electrons. The minimum atomic E-state index is -0.237. The number of aromatic nitrogens is 2. The third kappa shape index (κ3) is 4.07. The summed E-state index contributed by atoms with van der Waals surface area (Å²) in [7, 11) is 1.61. The summed E-state index contributed by atoms with van der Waals surface area (Å²) in [5, 5.41) is 2.86. The normalized spacial score (nSPS) is 17.2. The van der Waals surface area contributed by atoms with Gasteiger partial charge in [-0.3, -0.25) is 4.79 Å². The lowest BCUT2D eigenvalue weighted by atomic mass is 10.0. The molecule has 2 aromatic rings. The van der Waals surface area contributed by atoms with Gasteiger partial charge < -0.3 is 15.0 Å². The third-order valence-electron chi connectivity index (χ3n) is 4.58. The third-order valence-corrected chi connectivity index (χ3v) is 4.58. The van der Waals surface area contributed by atoms with Crippen molar-refractivity contribution < 1.29 is 9.53 Å². The monoisotopic (exact) mass is 340 g/mol. The summed E-state index contributed by atoms with van der Waals surface area (Å²) < 4.78 is 5.12. The Kier molecular flexibility index (Phi) is 5.48. The standard InChI is InChI=1S/C19H24N4O2/c1-3-15-6-4-5-13-23(15)19-20-12-11-17(22-19)18(24)21-14-7-9-16(25-2)10-8-14/h7-12,15H,3-6,13H2,1-2H3,(H,21,24). The number of anilines is 2. The van der Waals surface area contributed by atoms with Gasteiger partial charge in [0.25, 0.3) is 5.91 Å². The molecule has 1 unspecified atom stereocenters. The van der Waals surface area contributed by atoms with Gasteiger partial charge in [-0.15, -0.1) is 0 Å². The van der Waals surface area contributed by atoms with Gasteiger partial charge in [0.1, 0.15) is 11.4 Å². The average Bonchev–Trinajstić information content (AvgIpc) is 2.68. The average molecular weight is 340 g/mol. The number of nitrogens with one attached hydrogen (secondary N) is 1. The molecule has 25 heavy (non-hydrogen) atoms. The zero-order chi connectivity index (χ0) is 17.6. The quantitative estimate of drug-likeness (QED) is 0.902. The number of carbonyl (C=O) groups is 1. The van der Waals surface area contributed by atoms with Gasteiger partial charge in [0, 0.05) is 24.5 Å². The molecule has 1 aliphatic rings.